The van der Waals surface area contributed by atoms with Crippen LogP contribution in [0.2, 0.25) is 10.0 Å². The third-order valence-corrected chi connectivity index (χ3v) is 5.32. The summed E-state index contributed by atoms with van der Waals surface area (Å²) in [5, 5.41) is 8.03. The lowest BCUT2D eigenvalue weighted by atomic mass is 10.0. The molecule has 6 nitrogen and oxygen atoms in total. The van der Waals surface area contributed by atoms with Gasteiger partial charge in [-0.25, -0.2) is 0 Å². The lowest BCUT2D eigenvalue weighted by molar-refractivity contribution is 0.0918. The van der Waals surface area contributed by atoms with E-state index >= 15 is 0 Å². The largest absolute Gasteiger partial charge is 0.485 e. The predicted molar refractivity (Wildman–Crippen MR) is 113 cm³/mol. The number of amides is 1. The molecule has 0 spiro atoms. The van der Waals surface area contributed by atoms with Gasteiger partial charge in [-0.15, -0.1) is 0 Å². The van der Waals surface area contributed by atoms with Crippen LogP contribution >= 0.6 is 23.2 Å². The smallest absolute Gasteiger partial charge is 0.287 e. The average Bonchev–Trinajstić information content (AvgIpc) is 3.27. The monoisotopic (exact) mass is 435 g/mol. The molecule has 154 valence electrons. The molecule has 8 heteroatoms. The van der Waals surface area contributed by atoms with Crippen LogP contribution < -0.4 is 10.1 Å². The van der Waals surface area contributed by atoms with E-state index in [1.807, 2.05) is 19.1 Å². The van der Waals surface area contributed by atoms with E-state index < -0.39 is 0 Å². The highest BCUT2D eigenvalue weighted by Gasteiger charge is 2.15. The van der Waals surface area contributed by atoms with Gasteiger partial charge in [-0.1, -0.05) is 37.0 Å². The maximum Gasteiger partial charge on any atom is 0.287 e. The minimum absolute atomic E-state index is 0.207. The molecule has 1 N–H and O–H groups in total. The number of hydrogen-bond donors (Lipinski definition) is 1. The summed E-state index contributed by atoms with van der Waals surface area (Å²) in [4.78, 5) is 12.3. The third-order valence-electron chi connectivity index (χ3n) is 4.60. The van der Waals surface area contributed by atoms with Crippen LogP contribution in [-0.2, 0) is 20.2 Å². The SMILES string of the molecule is Cc1cc(OCc2ccc(C(=O)NCc3c(Cl)cnn3C)o2)c(C(C)C)cc1Cl. The number of nitrogens with one attached hydrogen (secondary N) is 1. The summed E-state index contributed by atoms with van der Waals surface area (Å²) < 4.78 is 13.2. The fourth-order valence-corrected chi connectivity index (χ4v) is 3.26. The molecule has 0 fully saturated rings. The second-order valence-corrected chi connectivity index (χ2v) is 7.91. The van der Waals surface area contributed by atoms with Crippen molar-refractivity contribution in [2.24, 2.45) is 7.05 Å². The van der Waals surface area contributed by atoms with Crippen molar-refractivity contribution in [3.05, 3.63) is 68.8 Å². The van der Waals surface area contributed by atoms with Gasteiger partial charge in [0.25, 0.3) is 5.91 Å². The normalized spacial score (nSPS) is 11.1. The van der Waals surface area contributed by atoms with Crippen LogP contribution in [0.1, 0.15) is 52.9 Å². The Hall–Kier alpha value is -2.44. The van der Waals surface area contributed by atoms with Crippen molar-refractivity contribution in [2.45, 2.75) is 39.8 Å². The Labute approximate surface area is 179 Å². The van der Waals surface area contributed by atoms with Gasteiger partial charge < -0.3 is 14.5 Å². The van der Waals surface area contributed by atoms with Gasteiger partial charge in [0.1, 0.15) is 18.1 Å². The van der Waals surface area contributed by atoms with Crippen molar-refractivity contribution >= 4 is 29.1 Å². The summed E-state index contributed by atoms with van der Waals surface area (Å²) in [6.07, 6.45) is 1.54. The predicted octanol–water partition coefficient (Wildman–Crippen LogP) is 5.26. The Morgan fingerprint density at radius 2 is 2.03 bits per heavy atom. The van der Waals surface area contributed by atoms with Crippen LogP contribution in [0, 0.1) is 6.92 Å². The van der Waals surface area contributed by atoms with E-state index in [9.17, 15) is 4.79 Å². The summed E-state index contributed by atoms with van der Waals surface area (Å²) in [6, 6.07) is 7.20. The van der Waals surface area contributed by atoms with Gasteiger partial charge in [-0.05, 0) is 48.2 Å². The first-order valence-electron chi connectivity index (χ1n) is 9.22. The zero-order valence-electron chi connectivity index (χ0n) is 16.8. The molecule has 2 heterocycles. The Balaban J connectivity index is 1.63. The van der Waals surface area contributed by atoms with E-state index in [-0.39, 0.29) is 30.7 Å². The standard InChI is InChI=1S/C21H23Cl2N3O3/c1-12(2)15-8-16(22)13(3)7-20(15)28-11-14-5-6-19(29-14)21(27)24-10-18-17(23)9-25-26(18)4/h5-9,12H,10-11H2,1-4H3,(H,24,27). The maximum absolute atomic E-state index is 12.3. The van der Waals surface area contributed by atoms with Crippen molar-refractivity contribution in [3.8, 4) is 5.75 Å². The van der Waals surface area contributed by atoms with Gasteiger partial charge in [-0.3, -0.25) is 9.48 Å². The fraction of sp³-hybridized carbons (Fsp3) is 0.333. The van der Waals surface area contributed by atoms with Crippen LogP contribution in [0.25, 0.3) is 0 Å². The van der Waals surface area contributed by atoms with Crippen molar-refractivity contribution in [1.82, 2.24) is 15.1 Å². The molecule has 3 aromatic rings. The van der Waals surface area contributed by atoms with Crippen molar-refractivity contribution in [2.75, 3.05) is 0 Å². The molecule has 0 aliphatic heterocycles. The number of furan rings is 1. The molecule has 1 amide bonds. The second-order valence-electron chi connectivity index (χ2n) is 7.09. The van der Waals surface area contributed by atoms with Gasteiger partial charge in [-0.2, -0.15) is 5.10 Å². The molecule has 0 radical (unpaired) electrons. The molecule has 0 saturated carbocycles. The van der Waals surface area contributed by atoms with Crippen LogP contribution in [-0.4, -0.2) is 15.7 Å². The van der Waals surface area contributed by atoms with Crippen LogP contribution in [0.4, 0.5) is 0 Å². The number of carbonyl (C=O) groups is 1. The highest BCUT2D eigenvalue weighted by molar-refractivity contribution is 6.31. The molecule has 0 aliphatic rings. The van der Waals surface area contributed by atoms with Gasteiger partial charge in [0, 0.05) is 12.1 Å². The Morgan fingerprint density at radius 3 is 2.69 bits per heavy atom. The number of rotatable bonds is 7. The first-order valence-corrected chi connectivity index (χ1v) is 9.98. The van der Waals surface area contributed by atoms with Crippen molar-refractivity contribution < 1.29 is 13.9 Å². The minimum atomic E-state index is -0.335. The van der Waals surface area contributed by atoms with Crippen LogP contribution in [0.3, 0.4) is 0 Å². The molecule has 0 bridgehead atoms. The summed E-state index contributed by atoms with van der Waals surface area (Å²) in [7, 11) is 1.76. The number of aromatic nitrogens is 2. The molecule has 0 aliphatic carbocycles. The average molecular weight is 436 g/mol. The topological polar surface area (TPSA) is 69.3 Å². The molecule has 2 aromatic heterocycles. The zero-order valence-corrected chi connectivity index (χ0v) is 18.3. The maximum atomic E-state index is 12.3. The second kappa shape index (κ2) is 8.93. The van der Waals surface area contributed by atoms with Crippen molar-refractivity contribution in [1.29, 1.82) is 0 Å². The Kier molecular flexibility index (Phi) is 6.55. The Bertz CT molecular complexity index is 1000. The van der Waals surface area contributed by atoms with E-state index in [4.69, 9.17) is 32.4 Å². The number of nitrogens with zero attached hydrogens (tertiary/aromatic N) is 2. The quantitative estimate of drug-likeness (QED) is 0.549. The summed E-state index contributed by atoms with van der Waals surface area (Å²) in [5.74, 6) is 1.45. The first-order chi connectivity index (χ1) is 13.8. The van der Waals surface area contributed by atoms with Crippen LogP contribution in [0.5, 0.6) is 5.75 Å². The van der Waals surface area contributed by atoms with Gasteiger partial charge in [0.15, 0.2) is 5.76 Å². The Morgan fingerprint density at radius 1 is 1.28 bits per heavy atom. The molecule has 0 atom stereocenters. The first kappa shape index (κ1) is 21.3. The van der Waals surface area contributed by atoms with E-state index in [1.165, 1.54) is 6.20 Å². The number of benzene rings is 1. The minimum Gasteiger partial charge on any atom is -0.485 e. The van der Waals surface area contributed by atoms with Gasteiger partial charge in [0.2, 0.25) is 0 Å². The van der Waals surface area contributed by atoms with E-state index in [0.717, 1.165) is 22.6 Å². The number of hydrogen-bond acceptors (Lipinski definition) is 4. The molecule has 0 saturated heterocycles. The summed E-state index contributed by atoms with van der Waals surface area (Å²) >= 11 is 12.3. The van der Waals surface area contributed by atoms with Crippen LogP contribution in [0.15, 0.2) is 34.9 Å². The van der Waals surface area contributed by atoms with Crippen molar-refractivity contribution in [3.63, 3.8) is 0 Å². The molecule has 1 aromatic carbocycles. The number of halogens is 2. The number of aryl methyl sites for hydroxylation is 2. The van der Waals surface area contributed by atoms with Gasteiger partial charge in [0.05, 0.1) is 23.5 Å². The van der Waals surface area contributed by atoms with E-state index in [2.05, 4.69) is 24.3 Å². The summed E-state index contributed by atoms with van der Waals surface area (Å²) in [6.45, 7) is 6.56. The molecule has 3 rings (SSSR count). The zero-order chi connectivity index (χ0) is 21.1. The lowest BCUT2D eigenvalue weighted by Crippen LogP contribution is -2.23. The number of carbonyl (C=O) groups excluding carboxylic acids is 1. The molecular formula is C21H23Cl2N3O3. The fourth-order valence-electron chi connectivity index (χ4n) is 2.86. The number of ether oxygens (including phenoxy) is 1. The summed E-state index contributed by atoms with van der Waals surface area (Å²) in [5.41, 5.74) is 2.69. The lowest BCUT2D eigenvalue weighted by Gasteiger charge is -2.15. The highest BCUT2D eigenvalue weighted by atomic mass is 35.5. The highest BCUT2D eigenvalue weighted by Crippen LogP contribution is 2.32. The third kappa shape index (κ3) is 4.95. The van der Waals surface area contributed by atoms with E-state index in [1.54, 1.807) is 23.9 Å². The van der Waals surface area contributed by atoms with E-state index in [0.29, 0.717) is 15.8 Å². The molecule has 0 unspecified atom stereocenters. The van der Waals surface area contributed by atoms with Gasteiger partial charge >= 0.3 is 0 Å². The molecular weight excluding hydrogens is 413 g/mol. The molecule has 29 heavy (non-hydrogen) atoms.